The van der Waals surface area contributed by atoms with E-state index in [1.807, 2.05) is 30.3 Å². The summed E-state index contributed by atoms with van der Waals surface area (Å²) in [7, 11) is -2.00. The molecule has 0 aromatic heterocycles. The van der Waals surface area contributed by atoms with Gasteiger partial charge in [-0.3, -0.25) is 4.79 Å². The SMILES string of the molecule is C[C@H](C(=O)N(C)Cc1ccccc1)S(=O)(=O)Cc1cccc(Cl)c1. The minimum atomic E-state index is -3.62. The van der Waals surface area contributed by atoms with Gasteiger partial charge in [0.1, 0.15) is 5.25 Å². The van der Waals surface area contributed by atoms with Gasteiger partial charge in [-0.15, -0.1) is 0 Å². The van der Waals surface area contributed by atoms with Gasteiger partial charge >= 0.3 is 0 Å². The Kier molecular flexibility index (Phi) is 6.02. The first-order valence-electron chi connectivity index (χ1n) is 7.54. The normalized spacial score (nSPS) is 12.6. The van der Waals surface area contributed by atoms with Crippen LogP contribution in [-0.2, 0) is 26.9 Å². The fraction of sp³-hybridized carbons (Fsp3) is 0.278. The van der Waals surface area contributed by atoms with Crippen molar-refractivity contribution >= 4 is 27.3 Å². The number of sulfone groups is 1. The number of nitrogens with zero attached hydrogens (tertiary/aromatic N) is 1. The average Bonchev–Trinajstić information content (AvgIpc) is 2.54. The van der Waals surface area contributed by atoms with E-state index in [2.05, 4.69) is 0 Å². The molecule has 1 atom stereocenters. The maximum Gasteiger partial charge on any atom is 0.240 e. The van der Waals surface area contributed by atoms with Crippen molar-refractivity contribution in [3.05, 3.63) is 70.7 Å². The molecule has 0 bridgehead atoms. The molecular weight excluding hydrogens is 346 g/mol. The maximum atomic E-state index is 12.5. The highest BCUT2D eigenvalue weighted by molar-refractivity contribution is 7.92. The average molecular weight is 366 g/mol. The third kappa shape index (κ3) is 4.82. The fourth-order valence-electron chi connectivity index (χ4n) is 2.38. The van der Waals surface area contributed by atoms with Crippen molar-refractivity contribution in [2.75, 3.05) is 7.05 Å². The summed E-state index contributed by atoms with van der Waals surface area (Å²) in [5.41, 5.74) is 1.53. The van der Waals surface area contributed by atoms with Crippen LogP contribution in [0, 0.1) is 0 Å². The number of hydrogen-bond donors (Lipinski definition) is 0. The van der Waals surface area contributed by atoms with E-state index in [9.17, 15) is 13.2 Å². The number of carbonyl (C=O) groups is 1. The summed E-state index contributed by atoms with van der Waals surface area (Å²) in [5, 5.41) is -0.631. The topological polar surface area (TPSA) is 54.5 Å². The predicted molar refractivity (Wildman–Crippen MR) is 96.5 cm³/mol. The van der Waals surface area contributed by atoms with Crippen LogP contribution in [0.4, 0.5) is 0 Å². The third-order valence-electron chi connectivity index (χ3n) is 3.78. The molecule has 0 aliphatic carbocycles. The van der Waals surface area contributed by atoms with Crippen molar-refractivity contribution in [1.82, 2.24) is 4.90 Å². The second-order valence-corrected chi connectivity index (χ2v) is 8.52. The molecule has 4 nitrogen and oxygen atoms in total. The van der Waals surface area contributed by atoms with Crippen LogP contribution in [0.1, 0.15) is 18.1 Å². The molecule has 0 saturated carbocycles. The molecule has 6 heteroatoms. The quantitative estimate of drug-likeness (QED) is 0.789. The van der Waals surface area contributed by atoms with Crippen LogP contribution in [0.15, 0.2) is 54.6 Å². The summed E-state index contributed by atoms with van der Waals surface area (Å²) in [5.74, 6) is -0.625. The highest BCUT2D eigenvalue weighted by Crippen LogP contribution is 2.17. The van der Waals surface area contributed by atoms with Crippen LogP contribution >= 0.6 is 11.6 Å². The minimum absolute atomic E-state index is 0.209. The summed E-state index contributed by atoms with van der Waals surface area (Å²) in [6.45, 7) is 1.81. The van der Waals surface area contributed by atoms with E-state index in [0.29, 0.717) is 17.1 Å². The van der Waals surface area contributed by atoms with Gasteiger partial charge < -0.3 is 4.90 Å². The summed E-state index contributed by atoms with van der Waals surface area (Å²) in [4.78, 5) is 13.9. The molecule has 2 aromatic carbocycles. The van der Waals surface area contributed by atoms with Gasteiger partial charge in [-0.25, -0.2) is 8.42 Å². The van der Waals surface area contributed by atoms with E-state index in [1.165, 1.54) is 11.8 Å². The molecule has 128 valence electrons. The van der Waals surface area contributed by atoms with Crippen molar-refractivity contribution in [1.29, 1.82) is 0 Å². The van der Waals surface area contributed by atoms with Gasteiger partial charge in [-0.1, -0.05) is 54.1 Å². The highest BCUT2D eigenvalue weighted by atomic mass is 35.5. The summed E-state index contributed by atoms with van der Waals surface area (Å²) >= 11 is 5.89. The molecule has 0 saturated heterocycles. The first-order valence-corrected chi connectivity index (χ1v) is 9.64. The van der Waals surface area contributed by atoms with Gasteiger partial charge in [-0.05, 0) is 30.2 Å². The van der Waals surface area contributed by atoms with Gasteiger partial charge in [0.25, 0.3) is 0 Å². The molecule has 0 radical (unpaired) electrons. The molecule has 0 unspecified atom stereocenters. The fourth-order valence-corrected chi connectivity index (χ4v) is 3.98. The number of benzene rings is 2. The molecular formula is C18H20ClNO3S. The molecule has 0 aliphatic rings. The van der Waals surface area contributed by atoms with E-state index in [4.69, 9.17) is 11.6 Å². The molecule has 0 aliphatic heterocycles. The molecule has 24 heavy (non-hydrogen) atoms. The summed E-state index contributed by atoms with van der Waals surface area (Å²) < 4.78 is 25.0. The maximum absolute atomic E-state index is 12.5. The first-order chi connectivity index (χ1) is 11.3. The number of carbonyl (C=O) groups excluding carboxylic acids is 1. The largest absolute Gasteiger partial charge is 0.340 e. The number of amides is 1. The standard InChI is InChI=1S/C18H20ClNO3S/c1-14(18(21)20(2)12-15-7-4-3-5-8-15)24(22,23)13-16-9-6-10-17(19)11-16/h3-11,14H,12-13H2,1-2H3/t14-/m1/s1. The van der Waals surface area contributed by atoms with Crippen molar-refractivity contribution < 1.29 is 13.2 Å². The molecule has 0 fully saturated rings. The van der Waals surface area contributed by atoms with E-state index in [-0.39, 0.29) is 5.75 Å². The Morgan fingerprint density at radius 2 is 1.71 bits per heavy atom. The van der Waals surface area contributed by atoms with Gasteiger partial charge in [0.15, 0.2) is 9.84 Å². The van der Waals surface area contributed by atoms with Crippen LogP contribution < -0.4 is 0 Å². The molecule has 0 spiro atoms. The lowest BCUT2D eigenvalue weighted by Crippen LogP contribution is -2.39. The van der Waals surface area contributed by atoms with Crippen LogP contribution in [-0.4, -0.2) is 31.5 Å². The monoisotopic (exact) mass is 365 g/mol. The Balaban J connectivity index is 2.08. The summed E-state index contributed by atoms with van der Waals surface area (Å²) in [6, 6.07) is 16.1. The Labute approximate surface area is 148 Å². The van der Waals surface area contributed by atoms with Crippen LogP contribution in [0.3, 0.4) is 0 Å². The van der Waals surface area contributed by atoms with Crippen molar-refractivity contribution in [2.45, 2.75) is 24.5 Å². The van der Waals surface area contributed by atoms with Gasteiger partial charge in [-0.2, -0.15) is 0 Å². The molecule has 0 N–H and O–H groups in total. The second-order valence-electron chi connectivity index (χ2n) is 5.76. The van der Waals surface area contributed by atoms with Crippen LogP contribution in [0.2, 0.25) is 5.02 Å². The second kappa shape index (κ2) is 7.81. The van der Waals surface area contributed by atoms with Crippen molar-refractivity contribution in [3.63, 3.8) is 0 Å². The highest BCUT2D eigenvalue weighted by Gasteiger charge is 2.30. The van der Waals surface area contributed by atoms with Gasteiger partial charge in [0, 0.05) is 18.6 Å². The molecule has 2 aromatic rings. The predicted octanol–water partition coefficient (Wildman–Crippen LogP) is 3.30. The summed E-state index contributed by atoms with van der Waals surface area (Å²) in [6.07, 6.45) is 0. The minimum Gasteiger partial charge on any atom is -0.340 e. The zero-order chi connectivity index (χ0) is 17.7. The Hall–Kier alpha value is -1.85. The molecule has 0 heterocycles. The van der Waals surface area contributed by atoms with Gasteiger partial charge in [0.05, 0.1) is 5.75 Å². The van der Waals surface area contributed by atoms with Crippen molar-refractivity contribution in [3.8, 4) is 0 Å². The van der Waals surface area contributed by atoms with Crippen molar-refractivity contribution in [2.24, 2.45) is 0 Å². The zero-order valence-corrected chi connectivity index (χ0v) is 15.2. The zero-order valence-electron chi connectivity index (χ0n) is 13.6. The third-order valence-corrected chi connectivity index (χ3v) is 6.03. The van der Waals surface area contributed by atoms with Crippen LogP contribution in [0.5, 0.6) is 0 Å². The lowest BCUT2D eigenvalue weighted by atomic mass is 10.2. The van der Waals surface area contributed by atoms with Crippen LogP contribution in [0.25, 0.3) is 0 Å². The number of hydrogen-bond acceptors (Lipinski definition) is 3. The van der Waals surface area contributed by atoms with E-state index < -0.39 is 21.0 Å². The molecule has 1 amide bonds. The van der Waals surface area contributed by atoms with E-state index in [1.54, 1.807) is 31.3 Å². The number of rotatable bonds is 6. The Bertz CT molecular complexity index is 806. The lowest BCUT2D eigenvalue weighted by Gasteiger charge is -2.21. The van der Waals surface area contributed by atoms with E-state index in [0.717, 1.165) is 5.56 Å². The Morgan fingerprint density at radius 1 is 1.08 bits per heavy atom. The lowest BCUT2D eigenvalue weighted by molar-refractivity contribution is -0.129. The van der Waals surface area contributed by atoms with Gasteiger partial charge in [0.2, 0.25) is 5.91 Å². The van der Waals surface area contributed by atoms with E-state index >= 15 is 0 Å². The number of halogens is 1. The molecule has 2 rings (SSSR count). The Morgan fingerprint density at radius 3 is 2.33 bits per heavy atom. The smallest absolute Gasteiger partial charge is 0.240 e. The first kappa shape index (κ1) is 18.5.